The first-order valence-corrected chi connectivity index (χ1v) is 9.89. The standard InChI is InChI=1S/C13H9Br3Cl3N3O2/c1-21-8(20-10(17)12(18,19)13(14,15)16)9(23)22(11(21)24)7-5-3-2-4-6-7/h2-6,10H,1H3. The predicted molar refractivity (Wildman–Crippen MR) is 108 cm³/mol. The van der Waals surface area contributed by atoms with E-state index in [0.29, 0.717) is 5.69 Å². The van der Waals surface area contributed by atoms with Crippen LogP contribution >= 0.6 is 82.6 Å². The van der Waals surface area contributed by atoms with Crippen LogP contribution in [0.3, 0.4) is 0 Å². The molecule has 1 saturated heterocycles. The Morgan fingerprint density at radius 2 is 1.67 bits per heavy atom. The number of amidine groups is 1. The first-order valence-electron chi connectivity index (χ1n) is 6.32. The number of aliphatic imine (C=N–C) groups is 1. The van der Waals surface area contributed by atoms with E-state index in [1.807, 2.05) is 0 Å². The minimum atomic E-state index is -1.67. The molecule has 3 amide bonds. The molecule has 0 N–H and O–H groups in total. The van der Waals surface area contributed by atoms with Crippen LogP contribution in [0.5, 0.6) is 0 Å². The van der Waals surface area contributed by atoms with Crippen LogP contribution in [0.4, 0.5) is 10.5 Å². The average molecular weight is 585 g/mol. The van der Waals surface area contributed by atoms with E-state index in [4.69, 9.17) is 34.8 Å². The van der Waals surface area contributed by atoms with Crippen LogP contribution in [0, 0.1) is 0 Å². The largest absolute Gasteiger partial charge is 0.337 e. The topological polar surface area (TPSA) is 53.0 Å². The Kier molecular flexibility index (Phi) is 6.31. The maximum atomic E-state index is 12.6. The number of likely N-dealkylation sites (N-methyl/N-ethyl adjacent to an activating group) is 1. The van der Waals surface area contributed by atoms with Gasteiger partial charge in [-0.15, -0.1) is 0 Å². The van der Waals surface area contributed by atoms with Gasteiger partial charge in [-0.05, 0) is 12.1 Å². The highest BCUT2D eigenvalue weighted by molar-refractivity contribution is 9.39. The molecule has 0 saturated carbocycles. The van der Waals surface area contributed by atoms with Crippen molar-refractivity contribution in [2.45, 2.75) is 12.0 Å². The molecule has 0 aliphatic carbocycles. The molecule has 0 bridgehead atoms. The monoisotopic (exact) mass is 581 g/mol. The summed E-state index contributed by atoms with van der Waals surface area (Å²) < 4.78 is -2.82. The van der Waals surface area contributed by atoms with E-state index in [1.165, 1.54) is 7.05 Å². The van der Waals surface area contributed by atoms with Crippen molar-refractivity contribution in [3.63, 3.8) is 0 Å². The number of alkyl halides is 6. The zero-order chi connectivity index (χ0) is 18.3. The lowest BCUT2D eigenvalue weighted by molar-refractivity contribution is -0.111. The zero-order valence-corrected chi connectivity index (χ0v) is 18.9. The van der Waals surface area contributed by atoms with Gasteiger partial charge in [0.1, 0.15) is 0 Å². The highest BCUT2D eigenvalue weighted by Crippen LogP contribution is 2.53. The summed E-state index contributed by atoms with van der Waals surface area (Å²) in [5, 5.41) is 0. The van der Waals surface area contributed by atoms with Crippen LogP contribution in [-0.2, 0) is 4.79 Å². The molecule has 1 heterocycles. The van der Waals surface area contributed by atoms with E-state index in [2.05, 4.69) is 52.8 Å². The number of nitrogens with zero attached hydrogens (tertiary/aromatic N) is 3. The Morgan fingerprint density at radius 1 is 1.12 bits per heavy atom. The summed E-state index contributed by atoms with van der Waals surface area (Å²) in [6, 6.07) is 7.93. The maximum Gasteiger partial charge on any atom is 0.337 e. The van der Waals surface area contributed by atoms with Gasteiger partial charge < -0.3 is 0 Å². The van der Waals surface area contributed by atoms with Crippen molar-refractivity contribution in [1.82, 2.24) is 4.90 Å². The quantitative estimate of drug-likeness (QED) is 0.283. The van der Waals surface area contributed by atoms with Gasteiger partial charge in [-0.3, -0.25) is 9.69 Å². The lowest BCUT2D eigenvalue weighted by Gasteiger charge is -2.30. The van der Waals surface area contributed by atoms with E-state index in [-0.39, 0.29) is 5.84 Å². The van der Waals surface area contributed by atoms with Crippen molar-refractivity contribution >= 4 is 106 Å². The van der Waals surface area contributed by atoms with Crippen LogP contribution in [0.25, 0.3) is 0 Å². The summed E-state index contributed by atoms with van der Waals surface area (Å²) >= 11 is 28.1. The number of imide groups is 1. The summed E-state index contributed by atoms with van der Waals surface area (Å²) in [7, 11) is 1.42. The van der Waals surface area contributed by atoms with Gasteiger partial charge >= 0.3 is 11.9 Å². The Morgan fingerprint density at radius 3 is 2.17 bits per heavy atom. The third-order valence-corrected chi connectivity index (χ3v) is 7.99. The van der Waals surface area contributed by atoms with Gasteiger partial charge in [0.2, 0.25) is 5.84 Å². The van der Waals surface area contributed by atoms with E-state index in [9.17, 15) is 9.59 Å². The fraction of sp³-hybridized carbons (Fsp3) is 0.308. The third kappa shape index (κ3) is 3.78. The van der Waals surface area contributed by atoms with Gasteiger partial charge in [-0.1, -0.05) is 101 Å². The van der Waals surface area contributed by atoms with Crippen molar-refractivity contribution in [2.24, 2.45) is 4.99 Å². The molecule has 1 fully saturated rings. The second kappa shape index (κ2) is 7.40. The predicted octanol–water partition coefficient (Wildman–Crippen LogP) is 5.06. The molecular formula is C13H9Br3Cl3N3O2. The molecule has 1 aliphatic heterocycles. The number of halogens is 6. The number of carbonyl (C=O) groups excluding carboxylic acids is 2. The van der Waals surface area contributed by atoms with Crippen molar-refractivity contribution < 1.29 is 9.59 Å². The molecule has 0 aromatic heterocycles. The van der Waals surface area contributed by atoms with Gasteiger partial charge in [0, 0.05) is 7.05 Å². The molecule has 0 spiro atoms. The summed E-state index contributed by atoms with van der Waals surface area (Å²) in [5.41, 5.74) is -0.821. The fourth-order valence-corrected chi connectivity index (χ4v) is 3.24. The second-order valence-corrected chi connectivity index (χ2v) is 13.3. The molecule has 130 valence electrons. The molecule has 1 aromatic carbocycles. The van der Waals surface area contributed by atoms with Crippen LogP contribution in [0.15, 0.2) is 35.3 Å². The van der Waals surface area contributed by atoms with Gasteiger partial charge in [-0.25, -0.2) is 14.7 Å². The number of amides is 3. The molecule has 24 heavy (non-hydrogen) atoms. The van der Waals surface area contributed by atoms with Crippen molar-refractivity contribution in [3.05, 3.63) is 30.3 Å². The van der Waals surface area contributed by atoms with Gasteiger partial charge in [0.05, 0.1) is 5.69 Å². The minimum Gasteiger partial charge on any atom is -0.276 e. The molecule has 11 heteroatoms. The molecule has 1 aromatic rings. The Bertz CT molecular complexity index is 695. The second-order valence-electron chi connectivity index (χ2n) is 4.73. The normalized spacial score (nSPS) is 19.4. The Hall–Kier alpha value is 0.140. The van der Waals surface area contributed by atoms with Crippen molar-refractivity contribution in [3.8, 4) is 0 Å². The maximum absolute atomic E-state index is 12.6. The van der Waals surface area contributed by atoms with Crippen molar-refractivity contribution in [1.29, 1.82) is 0 Å². The smallest absolute Gasteiger partial charge is 0.276 e. The van der Waals surface area contributed by atoms with Crippen LogP contribution < -0.4 is 4.90 Å². The Balaban J connectivity index is 2.38. The highest BCUT2D eigenvalue weighted by Gasteiger charge is 2.51. The minimum absolute atomic E-state index is 0.161. The highest BCUT2D eigenvalue weighted by atomic mass is 80.0. The number of benzene rings is 1. The van der Waals surface area contributed by atoms with E-state index >= 15 is 0 Å². The first kappa shape index (κ1) is 20.5. The number of hydrogen-bond acceptors (Lipinski definition) is 3. The number of para-hydroxylation sites is 1. The number of rotatable bonds is 3. The molecule has 2 rings (SSSR count). The van der Waals surface area contributed by atoms with Gasteiger partial charge in [-0.2, -0.15) is 0 Å². The summed E-state index contributed by atoms with van der Waals surface area (Å²) in [6.45, 7) is 0. The lowest BCUT2D eigenvalue weighted by Crippen LogP contribution is -2.40. The van der Waals surface area contributed by atoms with Gasteiger partial charge in [0.15, 0.2) is 12.0 Å². The fourth-order valence-electron chi connectivity index (χ4n) is 1.84. The van der Waals surface area contributed by atoms with E-state index < -0.39 is 23.9 Å². The first-order chi connectivity index (χ1) is 11.0. The van der Waals surface area contributed by atoms with Gasteiger partial charge in [0.25, 0.3) is 0 Å². The Labute approximate surface area is 178 Å². The number of urea groups is 1. The molecule has 1 unspecified atom stereocenters. The molecule has 5 nitrogen and oxygen atoms in total. The number of carbonyl (C=O) groups is 2. The SMILES string of the molecule is CN1C(=O)N(c2ccccc2)C(=O)C1=NC(Cl)C(Cl)(Cl)C(Br)(Br)Br. The lowest BCUT2D eigenvalue weighted by atomic mass is 10.3. The average Bonchev–Trinajstić information content (AvgIpc) is 2.70. The number of anilines is 1. The zero-order valence-electron chi connectivity index (χ0n) is 11.9. The summed E-state index contributed by atoms with van der Waals surface area (Å²) in [6.07, 6.45) is 0. The van der Waals surface area contributed by atoms with Crippen LogP contribution in [0.2, 0.25) is 0 Å². The number of hydrogen-bond donors (Lipinski definition) is 0. The van der Waals surface area contributed by atoms with Crippen molar-refractivity contribution in [2.75, 3.05) is 11.9 Å². The molecule has 1 atom stereocenters. The third-order valence-electron chi connectivity index (χ3n) is 3.12. The van der Waals surface area contributed by atoms with Crippen LogP contribution in [0.1, 0.15) is 0 Å². The summed E-state index contributed by atoms with van der Waals surface area (Å²) in [5.74, 6) is -0.779. The summed E-state index contributed by atoms with van der Waals surface area (Å²) in [4.78, 5) is 31.1. The van der Waals surface area contributed by atoms with E-state index in [0.717, 1.165) is 9.80 Å². The van der Waals surface area contributed by atoms with E-state index in [1.54, 1.807) is 30.3 Å². The molecule has 0 radical (unpaired) electrons. The molecule has 1 aliphatic rings. The van der Waals surface area contributed by atoms with Crippen LogP contribution in [-0.4, -0.2) is 41.7 Å². The molecular weight excluding hydrogens is 576 g/mol.